The van der Waals surface area contributed by atoms with E-state index in [1.807, 2.05) is 55.6 Å². The number of hydrogen-bond donors (Lipinski definition) is 2. The fourth-order valence-electron chi connectivity index (χ4n) is 2.77. The molecule has 0 saturated carbocycles. The molecule has 0 saturated heterocycles. The van der Waals surface area contributed by atoms with Crippen molar-refractivity contribution in [1.29, 1.82) is 0 Å². The molecule has 2 aromatic carbocycles. The fraction of sp³-hybridized carbons (Fsp3) is 0.190. The molecule has 0 bridgehead atoms. The smallest absolute Gasteiger partial charge is 0.228 e. The van der Waals surface area contributed by atoms with Crippen LogP contribution in [0.4, 0.5) is 11.4 Å². The summed E-state index contributed by atoms with van der Waals surface area (Å²) in [5.41, 5.74) is 5.15. The summed E-state index contributed by atoms with van der Waals surface area (Å²) in [4.78, 5) is 28.2. The van der Waals surface area contributed by atoms with E-state index in [1.165, 1.54) is 6.92 Å². The van der Waals surface area contributed by atoms with E-state index in [0.29, 0.717) is 11.4 Å². The predicted molar refractivity (Wildman–Crippen MR) is 110 cm³/mol. The van der Waals surface area contributed by atoms with Crippen molar-refractivity contribution in [3.05, 3.63) is 64.0 Å². The van der Waals surface area contributed by atoms with Crippen LogP contribution in [0.1, 0.15) is 23.1 Å². The van der Waals surface area contributed by atoms with E-state index >= 15 is 0 Å². The highest BCUT2D eigenvalue weighted by molar-refractivity contribution is 7.09. The highest BCUT2D eigenvalue weighted by Gasteiger charge is 2.10. The highest BCUT2D eigenvalue weighted by atomic mass is 32.1. The maximum atomic E-state index is 12.4. The Bertz CT molecular complexity index is 977. The van der Waals surface area contributed by atoms with E-state index in [2.05, 4.69) is 15.6 Å². The molecule has 0 fully saturated rings. The lowest BCUT2D eigenvalue weighted by Gasteiger charge is -2.13. The predicted octanol–water partition coefficient (Wildman–Crippen LogP) is 4.57. The molecule has 1 aromatic heterocycles. The summed E-state index contributed by atoms with van der Waals surface area (Å²) in [5.74, 6) is -0.243. The Morgan fingerprint density at radius 3 is 2.26 bits per heavy atom. The summed E-state index contributed by atoms with van der Waals surface area (Å²) in [6.45, 7) is 5.31. The molecule has 3 aromatic rings. The van der Waals surface area contributed by atoms with Crippen LogP contribution in [0.15, 0.2) is 47.8 Å². The summed E-state index contributed by atoms with van der Waals surface area (Å²) < 4.78 is 0. The van der Waals surface area contributed by atoms with Gasteiger partial charge in [-0.05, 0) is 37.1 Å². The van der Waals surface area contributed by atoms with Crippen LogP contribution in [0.25, 0.3) is 11.3 Å². The highest BCUT2D eigenvalue weighted by Crippen LogP contribution is 2.24. The first-order chi connectivity index (χ1) is 12.9. The van der Waals surface area contributed by atoms with E-state index in [0.717, 1.165) is 27.4 Å². The Morgan fingerprint density at radius 2 is 1.67 bits per heavy atom. The van der Waals surface area contributed by atoms with Gasteiger partial charge in [0, 0.05) is 29.2 Å². The summed E-state index contributed by atoms with van der Waals surface area (Å²) in [7, 11) is 0. The number of amides is 2. The first-order valence-electron chi connectivity index (χ1n) is 8.61. The molecule has 1 heterocycles. The minimum atomic E-state index is -0.142. The molecule has 0 aliphatic rings. The first kappa shape index (κ1) is 18.8. The lowest BCUT2D eigenvalue weighted by Crippen LogP contribution is -2.16. The third-order valence-corrected chi connectivity index (χ3v) is 4.93. The van der Waals surface area contributed by atoms with Crippen LogP contribution < -0.4 is 10.6 Å². The van der Waals surface area contributed by atoms with Gasteiger partial charge in [-0.2, -0.15) is 0 Å². The van der Waals surface area contributed by atoms with Gasteiger partial charge in [-0.1, -0.05) is 30.3 Å². The van der Waals surface area contributed by atoms with E-state index in [9.17, 15) is 9.59 Å². The van der Waals surface area contributed by atoms with Crippen molar-refractivity contribution in [1.82, 2.24) is 4.98 Å². The Kier molecular flexibility index (Phi) is 5.66. The fourth-order valence-corrected chi connectivity index (χ4v) is 3.39. The van der Waals surface area contributed by atoms with Crippen LogP contribution in [-0.4, -0.2) is 16.8 Å². The van der Waals surface area contributed by atoms with Crippen molar-refractivity contribution in [3.8, 4) is 11.3 Å². The van der Waals surface area contributed by atoms with Crippen molar-refractivity contribution in [2.45, 2.75) is 27.2 Å². The molecule has 0 spiro atoms. The zero-order chi connectivity index (χ0) is 19.4. The molecule has 0 atom stereocenters. The van der Waals surface area contributed by atoms with Gasteiger partial charge in [-0.25, -0.2) is 4.98 Å². The molecule has 0 unspecified atom stereocenters. The van der Waals surface area contributed by atoms with E-state index in [4.69, 9.17) is 0 Å². The zero-order valence-electron chi connectivity index (χ0n) is 15.5. The number of nitrogens with one attached hydrogen (secondary N) is 2. The number of carbonyl (C=O) groups is 2. The van der Waals surface area contributed by atoms with E-state index in [-0.39, 0.29) is 18.2 Å². The van der Waals surface area contributed by atoms with Gasteiger partial charge in [-0.15, -0.1) is 11.3 Å². The average molecular weight is 379 g/mol. The standard InChI is InChI=1S/C21H21N3O2S/c1-13-18(22-14(2)25)5-4-6-19(13)24-21(26)11-16-7-9-17(10-8-16)20-12-27-15(3)23-20/h4-10,12H,11H2,1-3H3,(H,22,25)(H,24,26). The Morgan fingerprint density at radius 1 is 1.00 bits per heavy atom. The van der Waals surface area contributed by atoms with Gasteiger partial charge in [0.1, 0.15) is 0 Å². The van der Waals surface area contributed by atoms with Gasteiger partial charge in [0.05, 0.1) is 17.1 Å². The minimum absolute atomic E-state index is 0.102. The van der Waals surface area contributed by atoms with Crippen LogP contribution in [0.5, 0.6) is 0 Å². The Labute approximate surface area is 162 Å². The summed E-state index contributed by atoms with van der Waals surface area (Å²) in [5, 5.41) is 8.75. The lowest BCUT2D eigenvalue weighted by molar-refractivity contribution is -0.115. The second-order valence-corrected chi connectivity index (χ2v) is 7.40. The minimum Gasteiger partial charge on any atom is -0.326 e. The van der Waals surface area contributed by atoms with Crippen molar-refractivity contribution in [3.63, 3.8) is 0 Å². The number of benzene rings is 2. The van der Waals surface area contributed by atoms with Crippen molar-refractivity contribution < 1.29 is 9.59 Å². The van der Waals surface area contributed by atoms with Crippen molar-refractivity contribution in [2.24, 2.45) is 0 Å². The monoisotopic (exact) mass is 379 g/mol. The number of anilines is 2. The number of rotatable bonds is 5. The second-order valence-electron chi connectivity index (χ2n) is 6.33. The van der Waals surface area contributed by atoms with Crippen LogP contribution in [0.3, 0.4) is 0 Å². The number of thiazole rings is 1. The lowest BCUT2D eigenvalue weighted by atomic mass is 10.1. The normalized spacial score (nSPS) is 10.5. The maximum absolute atomic E-state index is 12.4. The quantitative estimate of drug-likeness (QED) is 0.682. The number of nitrogens with zero attached hydrogens (tertiary/aromatic N) is 1. The van der Waals surface area contributed by atoms with Gasteiger partial charge in [-0.3, -0.25) is 9.59 Å². The van der Waals surface area contributed by atoms with Gasteiger partial charge < -0.3 is 10.6 Å². The van der Waals surface area contributed by atoms with Crippen LogP contribution in [0.2, 0.25) is 0 Å². The summed E-state index contributed by atoms with van der Waals surface area (Å²) in [6.07, 6.45) is 0.278. The van der Waals surface area contributed by atoms with Crippen molar-refractivity contribution in [2.75, 3.05) is 10.6 Å². The molecule has 0 aliphatic carbocycles. The molecule has 3 rings (SSSR count). The molecule has 2 amide bonds. The number of aromatic nitrogens is 1. The topological polar surface area (TPSA) is 71.1 Å². The van der Waals surface area contributed by atoms with Crippen LogP contribution in [0, 0.1) is 13.8 Å². The molecule has 2 N–H and O–H groups in total. The maximum Gasteiger partial charge on any atom is 0.228 e. The Balaban J connectivity index is 1.67. The van der Waals surface area contributed by atoms with Gasteiger partial charge in [0.15, 0.2) is 0 Å². The van der Waals surface area contributed by atoms with Crippen LogP contribution in [-0.2, 0) is 16.0 Å². The van der Waals surface area contributed by atoms with E-state index in [1.54, 1.807) is 17.4 Å². The molecule has 6 heteroatoms. The third-order valence-electron chi connectivity index (χ3n) is 4.15. The molecule has 0 aliphatic heterocycles. The van der Waals surface area contributed by atoms with Crippen molar-refractivity contribution >= 4 is 34.5 Å². The largest absolute Gasteiger partial charge is 0.326 e. The third kappa shape index (κ3) is 4.80. The van der Waals surface area contributed by atoms with Gasteiger partial charge in [0.25, 0.3) is 0 Å². The number of carbonyl (C=O) groups excluding carboxylic acids is 2. The SMILES string of the molecule is CC(=O)Nc1cccc(NC(=O)Cc2ccc(-c3csc(C)n3)cc2)c1C. The molecular formula is C21H21N3O2S. The van der Waals surface area contributed by atoms with Gasteiger partial charge >= 0.3 is 0 Å². The number of aryl methyl sites for hydroxylation is 1. The average Bonchev–Trinajstić information content (AvgIpc) is 3.05. The second kappa shape index (κ2) is 8.14. The molecular weight excluding hydrogens is 358 g/mol. The summed E-state index contributed by atoms with van der Waals surface area (Å²) >= 11 is 1.62. The van der Waals surface area contributed by atoms with Crippen LogP contribution >= 0.6 is 11.3 Å². The number of hydrogen-bond acceptors (Lipinski definition) is 4. The Hall–Kier alpha value is -2.99. The van der Waals surface area contributed by atoms with Gasteiger partial charge in [0.2, 0.25) is 11.8 Å². The zero-order valence-corrected chi connectivity index (χ0v) is 16.3. The summed E-state index contributed by atoms with van der Waals surface area (Å²) in [6, 6.07) is 13.3. The molecule has 27 heavy (non-hydrogen) atoms. The molecule has 138 valence electrons. The van der Waals surface area contributed by atoms with E-state index < -0.39 is 0 Å². The first-order valence-corrected chi connectivity index (χ1v) is 9.49. The molecule has 0 radical (unpaired) electrons. The molecule has 5 nitrogen and oxygen atoms in total.